The van der Waals surface area contributed by atoms with Crippen molar-refractivity contribution in [1.29, 1.82) is 0 Å². The molecule has 1 aromatic carbocycles. The van der Waals surface area contributed by atoms with E-state index >= 15 is 0 Å². The van der Waals surface area contributed by atoms with Crippen LogP contribution in [0.4, 0.5) is 0 Å². The molecule has 1 saturated carbocycles. The van der Waals surface area contributed by atoms with Gasteiger partial charge in [-0.05, 0) is 49.3 Å². The van der Waals surface area contributed by atoms with Gasteiger partial charge in [-0.1, -0.05) is 24.3 Å². The average Bonchev–Trinajstić information content (AvgIpc) is 2.39. The molecule has 0 saturated heterocycles. The molecule has 1 aliphatic rings. The van der Waals surface area contributed by atoms with Crippen molar-refractivity contribution in [2.24, 2.45) is 5.92 Å². The molecule has 1 aromatic rings. The van der Waals surface area contributed by atoms with E-state index in [2.05, 4.69) is 24.3 Å². The Hall–Kier alpha value is -1.28. The summed E-state index contributed by atoms with van der Waals surface area (Å²) >= 11 is 0. The third kappa shape index (κ3) is 3.60. The van der Waals surface area contributed by atoms with Gasteiger partial charge in [0.25, 0.3) is 0 Å². The van der Waals surface area contributed by atoms with E-state index < -0.39 is 0 Å². The highest BCUT2D eigenvalue weighted by Crippen LogP contribution is 2.26. The van der Waals surface area contributed by atoms with Gasteiger partial charge in [0.15, 0.2) is 0 Å². The van der Waals surface area contributed by atoms with Crippen LogP contribution >= 0.6 is 0 Å². The lowest BCUT2D eigenvalue weighted by Gasteiger charge is -2.22. The molecule has 0 atom stereocenters. The molecule has 0 radical (unpaired) electrons. The van der Waals surface area contributed by atoms with E-state index in [0.717, 1.165) is 31.4 Å². The van der Waals surface area contributed by atoms with Gasteiger partial charge < -0.3 is 9.84 Å². The van der Waals surface area contributed by atoms with Gasteiger partial charge in [-0.2, -0.15) is 0 Å². The molecular weight excluding hydrogens is 212 g/mol. The number of allylic oxidation sites excluding steroid dienone is 1. The Bertz CT molecular complexity index is 359. The predicted octanol–water partition coefficient (Wildman–Crippen LogP) is 3.26. The Kier molecular flexibility index (Phi) is 4.21. The minimum absolute atomic E-state index is 0.0689. The van der Waals surface area contributed by atoms with Crippen LogP contribution in [0.25, 0.3) is 6.08 Å². The molecule has 1 aliphatic carbocycles. The molecule has 0 heterocycles. The van der Waals surface area contributed by atoms with Gasteiger partial charge in [0.1, 0.15) is 5.75 Å². The summed E-state index contributed by atoms with van der Waals surface area (Å²) in [4.78, 5) is 0. The number of hydrogen-bond donors (Lipinski definition) is 1. The van der Waals surface area contributed by atoms with Crippen molar-refractivity contribution in [3.63, 3.8) is 0 Å². The lowest BCUT2D eigenvalue weighted by molar-refractivity contribution is 0.118. The number of hydrogen-bond acceptors (Lipinski definition) is 2. The fourth-order valence-electron chi connectivity index (χ4n) is 2.26. The zero-order chi connectivity index (χ0) is 12.1. The maximum atomic E-state index is 9.43. The first kappa shape index (κ1) is 12.2. The van der Waals surface area contributed by atoms with Crippen molar-refractivity contribution in [1.82, 2.24) is 0 Å². The van der Waals surface area contributed by atoms with Crippen molar-refractivity contribution < 1.29 is 9.84 Å². The Morgan fingerprint density at radius 2 is 1.76 bits per heavy atom. The first-order chi connectivity index (χ1) is 8.28. The van der Waals surface area contributed by atoms with Crippen LogP contribution in [-0.4, -0.2) is 18.3 Å². The highest BCUT2D eigenvalue weighted by molar-refractivity contribution is 5.50. The lowest BCUT2D eigenvalue weighted by Crippen LogP contribution is -2.16. The summed E-state index contributed by atoms with van der Waals surface area (Å²) in [5.74, 6) is 1.52. The second kappa shape index (κ2) is 5.87. The van der Waals surface area contributed by atoms with Crippen LogP contribution < -0.4 is 4.74 Å². The van der Waals surface area contributed by atoms with Gasteiger partial charge in [0.05, 0.1) is 13.2 Å². The zero-order valence-electron chi connectivity index (χ0n) is 10.3. The Morgan fingerprint density at radius 1 is 1.12 bits per heavy atom. The van der Waals surface area contributed by atoms with E-state index in [9.17, 15) is 5.11 Å². The predicted molar refractivity (Wildman–Crippen MR) is 70.0 cm³/mol. The molecule has 17 heavy (non-hydrogen) atoms. The molecule has 92 valence electrons. The maximum Gasteiger partial charge on any atom is 0.118 e. The van der Waals surface area contributed by atoms with Crippen LogP contribution in [0.1, 0.15) is 31.2 Å². The van der Waals surface area contributed by atoms with Crippen LogP contribution in [0.2, 0.25) is 0 Å². The number of methoxy groups -OCH3 is 1. The van der Waals surface area contributed by atoms with E-state index in [4.69, 9.17) is 4.74 Å². The van der Waals surface area contributed by atoms with Crippen LogP contribution in [0, 0.1) is 5.92 Å². The summed E-state index contributed by atoms with van der Waals surface area (Å²) in [6.07, 6.45) is 8.47. The molecule has 0 spiro atoms. The fraction of sp³-hybridized carbons (Fsp3) is 0.467. The summed E-state index contributed by atoms with van der Waals surface area (Å²) < 4.78 is 5.12. The largest absolute Gasteiger partial charge is 0.497 e. The summed E-state index contributed by atoms with van der Waals surface area (Å²) in [5.41, 5.74) is 1.21. The number of aliphatic hydroxyl groups is 1. The Morgan fingerprint density at radius 3 is 2.35 bits per heavy atom. The minimum Gasteiger partial charge on any atom is -0.497 e. The molecule has 1 N–H and O–H groups in total. The first-order valence-electron chi connectivity index (χ1n) is 6.28. The smallest absolute Gasteiger partial charge is 0.118 e. The van der Waals surface area contributed by atoms with Gasteiger partial charge in [-0.25, -0.2) is 0 Å². The molecule has 2 heteroatoms. The first-order valence-corrected chi connectivity index (χ1v) is 6.28. The molecule has 2 rings (SSSR count). The van der Waals surface area contributed by atoms with E-state index in [0.29, 0.717) is 5.92 Å². The third-order valence-corrected chi connectivity index (χ3v) is 3.42. The summed E-state index contributed by atoms with van der Waals surface area (Å²) in [6.45, 7) is 0. The van der Waals surface area contributed by atoms with Crippen molar-refractivity contribution in [2.75, 3.05) is 7.11 Å². The Balaban J connectivity index is 1.90. The second-order valence-corrected chi connectivity index (χ2v) is 4.70. The van der Waals surface area contributed by atoms with E-state index in [1.54, 1.807) is 7.11 Å². The normalized spacial score (nSPS) is 25.1. The molecule has 0 unspecified atom stereocenters. The summed E-state index contributed by atoms with van der Waals surface area (Å²) in [5, 5.41) is 9.43. The van der Waals surface area contributed by atoms with Crippen molar-refractivity contribution in [3.8, 4) is 5.75 Å². The van der Waals surface area contributed by atoms with E-state index in [-0.39, 0.29) is 6.10 Å². The van der Waals surface area contributed by atoms with Crippen LogP contribution in [-0.2, 0) is 0 Å². The third-order valence-electron chi connectivity index (χ3n) is 3.42. The average molecular weight is 232 g/mol. The number of aliphatic hydroxyl groups excluding tert-OH is 1. The highest BCUT2D eigenvalue weighted by atomic mass is 16.5. The monoisotopic (exact) mass is 232 g/mol. The highest BCUT2D eigenvalue weighted by Gasteiger charge is 2.16. The molecule has 2 nitrogen and oxygen atoms in total. The molecule has 0 aromatic heterocycles. The lowest BCUT2D eigenvalue weighted by atomic mass is 9.87. The van der Waals surface area contributed by atoms with Gasteiger partial charge in [0.2, 0.25) is 0 Å². The summed E-state index contributed by atoms with van der Waals surface area (Å²) in [7, 11) is 1.68. The number of benzene rings is 1. The molecule has 1 fully saturated rings. The minimum atomic E-state index is -0.0689. The topological polar surface area (TPSA) is 29.5 Å². The van der Waals surface area contributed by atoms with Crippen molar-refractivity contribution in [2.45, 2.75) is 31.8 Å². The fourth-order valence-corrected chi connectivity index (χ4v) is 2.26. The van der Waals surface area contributed by atoms with Crippen LogP contribution in [0.15, 0.2) is 30.3 Å². The summed E-state index contributed by atoms with van der Waals surface area (Å²) in [6, 6.07) is 8.08. The van der Waals surface area contributed by atoms with E-state index in [1.165, 1.54) is 5.56 Å². The molecule has 0 bridgehead atoms. The molecule has 0 amide bonds. The van der Waals surface area contributed by atoms with Crippen molar-refractivity contribution in [3.05, 3.63) is 35.9 Å². The Labute approximate surface area is 103 Å². The second-order valence-electron chi connectivity index (χ2n) is 4.70. The maximum absolute atomic E-state index is 9.43. The van der Waals surface area contributed by atoms with Crippen molar-refractivity contribution >= 4 is 6.08 Å². The number of rotatable bonds is 3. The van der Waals surface area contributed by atoms with Gasteiger partial charge in [0, 0.05) is 0 Å². The van der Waals surface area contributed by atoms with Gasteiger partial charge in [-0.3, -0.25) is 0 Å². The molecular formula is C15H20O2. The SMILES string of the molecule is COc1ccc(/C=C/C2CCC(O)CC2)cc1. The van der Waals surface area contributed by atoms with Gasteiger partial charge >= 0.3 is 0 Å². The molecule has 0 aliphatic heterocycles. The number of ether oxygens (including phenoxy) is 1. The van der Waals surface area contributed by atoms with Gasteiger partial charge in [-0.15, -0.1) is 0 Å². The quantitative estimate of drug-likeness (QED) is 0.866. The van der Waals surface area contributed by atoms with Crippen LogP contribution in [0.3, 0.4) is 0 Å². The van der Waals surface area contributed by atoms with Crippen LogP contribution in [0.5, 0.6) is 5.75 Å². The van der Waals surface area contributed by atoms with E-state index in [1.807, 2.05) is 12.1 Å². The zero-order valence-corrected chi connectivity index (χ0v) is 10.3. The standard InChI is InChI=1S/C15H20O2/c1-17-15-10-6-13(7-11-15)3-2-12-4-8-14(16)9-5-12/h2-3,6-7,10-12,14,16H,4-5,8-9H2,1H3/b3-2+.